The lowest BCUT2D eigenvalue weighted by Gasteiger charge is -2.43. The van der Waals surface area contributed by atoms with Crippen LogP contribution in [0.3, 0.4) is 0 Å². The molecule has 4 heteroatoms. The molecule has 1 saturated carbocycles. The average Bonchev–Trinajstić information content (AvgIpc) is 2.41. The molecule has 118 valence electrons. The first-order valence-corrected chi connectivity index (χ1v) is 7.74. The summed E-state index contributed by atoms with van der Waals surface area (Å²) in [5.74, 6) is -2.57. The minimum Gasteiger partial charge on any atom is -0.310 e. The highest BCUT2D eigenvalue weighted by Gasteiger charge is 2.39. The van der Waals surface area contributed by atoms with E-state index in [1.807, 2.05) is 6.92 Å². The van der Waals surface area contributed by atoms with Crippen LogP contribution in [0.15, 0.2) is 12.1 Å². The van der Waals surface area contributed by atoms with Crippen LogP contribution in [0.4, 0.5) is 13.2 Å². The molecule has 1 N–H and O–H groups in total. The zero-order valence-corrected chi connectivity index (χ0v) is 13.0. The third kappa shape index (κ3) is 3.42. The SMILES string of the molecule is CCNC(c1cc(F)c(F)cc1F)C1CCCCC1(C)C. The van der Waals surface area contributed by atoms with Gasteiger partial charge in [-0.1, -0.05) is 33.6 Å². The third-order valence-corrected chi connectivity index (χ3v) is 4.79. The predicted octanol–water partition coefficient (Wildman–Crippen LogP) is 4.97. The Morgan fingerprint density at radius 1 is 1.14 bits per heavy atom. The van der Waals surface area contributed by atoms with Crippen LogP contribution in [-0.4, -0.2) is 6.54 Å². The van der Waals surface area contributed by atoms with Crippen molar-refractivity contribution in [2.24, 2.45) is 11.3 Å². The Balaban J connectivity index is 2.41. The molecule has 2 unspecified atom stereocenters. The number of hydrogen-bond donors (Lipinski definition) is 1. The third-order valence-electron chi connectivity index (χ3n) is 4.79. The summed E-state index contributed by atoms with van der Waals surface area (Å²) in [4.78, 5) is 0. The van der Waals surface area contributed by atoms with Crippen molar-refractivity contribution in [2.45, 2.75) is 52.5 Å². The molecule has 0 heterocycles. The van der Waals surface area contributed by atoms with Gasteiger partial charge in [0, 0.05) is 17.7 Å². The van der Waals surface area contributed by atoms with Gasteiger partial charge in [-0.15, -0.1) is 0 Å². The molecule has 0 bridgehead atoms. The first-order valence-electron chi connectivity index (χ1n) is 7.74. The van der Waals surface area contributed by atoms with Crippen molar-refractivity contribution >= 4 is 0 Å². The summed E-state index contributed by atoms with van der Waals surface area (Å²) in [6.45, 7) is 6.97. The maximum atomic E-state index is 14.2. The number of hydrogen-bond acceptors (Lipinski definition) is 1. The first kappa shape index (κ1) is 16.3. The van der Waals surface area contributed by atoms with Gasteiger partial charge in [-0.25, -0.2) is 13.2 Å². The summed E-state index contributed by atoms with van der Waals surface area (Å²) in [5, 5.41) is 3.28. The largest absolute Gasteiger partial charge is 0.310 e. The van der Waals surface area contributed by atoms with Crippen LogP contribution in [-0.2, 0) is 0 Å². The van der Waals surface area contributed by atoms with Crippen molar-refractivity contribution in [3.63, 3.8) is 0 Å². The van der Waals surface area contributed by atoms with Crippen molar-refractivity contribution in [1.82, 2.24) is 5.32 Å². The van der Waals surface area contributed by atoms with E-state index < -0.39 is 17.5 Å². The second-order valence-corrected chi connectivity index (χ2v) is 6.66. The van der Waals surface area contributed by atoms with Crippen LogP contribution in [0.5, 0.6) is 0 Å². The molecule has 1 aromatic carbocycles. The van der Waals surface area contributed by atoms with Gasteiger partial charge >= 0.3 is 0 Å². The topological polar surface area (TPSA) is 12.0 Å². The van der Waals surface area contributed by atoms with E-state index in [4.69, 9.17) is 0 Å². The van der Waals surface area contributed by atoms with E-state index in [-0.39, 0.29) is 22.9 Å². The summed E-state index contributed by atoms with van der Waals surface area (Å²) in [5.41, 5.74) is 0.304. The molecule has 21 heavy (non-hydrogen) atoms. The fraction of sp³-hybridized carbons (Fsp3) is 0.647. The number of nitrogens with one attached hydrogen (secondary N) is 1. The average molecular weight is 299 g/mol. The van der Waals surface area contributed by atoms with Crippen LogP contribution >= 0.6 is 0 Å². The summed E-state index contributed by atoms with van der Waals surface area (Å²) < 4.78 is 40.9. The lowest BCUT2D eigenvalue weighted by Crippen LogP contribution is -2.39. The van der Waals surface area contributed by atoms with Crippen molar-refractivity contribution < 1.29 is 13.2 Å². The summed E-state index contributed by atoms with van der Waals surface area (Å²) >= 11 is 0. The molecule has 1 aromatic rings. The van der Waals surface area contributed by atoms with E-state index in [9.17, 15) is 13.2 Å². The Labute approximate surface area is 124 Å². The van der Waals surface area contributed by atoms with Crippen molar-refractivity contribution in [3.05, 3.63) is 35.1 Å². The molecule has 1 nitrogen and oxygen atoms in total. The minimum atomic E-state index is -1.13. The van der Waals surface area contributed by atoms with E-state index in [1.165, 1.54) is 6.42 Å². The molecule has 1 fully saturated rings. The molecule has 0 radical (unpaired) electrons. The number of halogens is 3. The van der Waals surface area contributed by atoms with Gasteiger partial charge < -0.3 is 5.32 Å². The van der Waals surface area contributed by atoms with E-state index >= 15 is 0 Å². The van der Waals surface area contributed by atoms with E-state index in [0.29, 0.717) is 12.6 Å². The molecular formula is C17H24F3N. The van der Waals surface area contributed by atoms with Gasteiger partial charge in [0.1, 0.15) is 5.82 Å². The molecular weight excluding hydrogens is 275 g/mol. The fourth-order valence-electron chi connectivity index (χ4n) is 3.60. The fourth-order valence-corrected chi connectivity index (χ4v) is 3.60. The van der Waals surface area contributed by atoms with Gasteiger partial charge in [0.2, 0.25) is 0 Å². The Morgan fingerprint density at radius 3 is 2.43 bits per heavy atom. The van der Waals surface area contributed by atoms with E-state index in [1.54, 1.807) is 0 Å². The molecule has 0 aliphatic heterocycles. The Morgan fingerprint density at radius 2 is 1.81 bits per heavy atom. The highest BCUT2D eigenvalue weighted by atomic mass is 19.2. The van der Waals surface area contributed by atoms with Gasteiger partial charge in [0.25, 0.3) is 0 Å². The molecule has 1 aliphatic rings. The van der Waals surface area contributed by atoms with Gasteiger partial charge in [0.15, 0.2) is 11.6 Å². The molecule has 0 amide bonds. The van der Waals surface area contributed by atoms with E-state index in [2.05, 4.69) is 19.2 Å². The van der Waals surface area contributed by atoms with Crippen LogP contribution in [0, 0.1) is 28.8 Å². The smallest absolute Gasteiger partial charge is 0.161 e. The Bertz CT molecular complexity index is 499. The molecule has 1 aliphatic carbocycles. The van der Waals surface area contributed by atoms with E-state index in [0.717, 1.165) is 25.3 Å². The zero-order chi connectivity index (χ0) is 15.6. The quantitative estimate of drug-likeness (QED) is 0.774. The number of benzene rings is 1. The van der Waals surface area contributed by atoms with Crippen LogP contribution in [0.25, 0.3) is 0 Å². The van der Waals surface area contributed by atoms with Crippen LogP contribution < -0.4 is 5.32 Å². The number of rotatable bonds is 4. The van der Waals surface area contributed by atoms with Gasteiger partial charge in [-0.05, 0) is 36.8 Å². The van der Waals surface area contributed by atoms with Crippen LogP contribution in [0.2, 0.25) is 0 Å². The van der Waals surface area contributed by atoms with Crippen molar-refractivity contribution in [3.8, 4) is 0 Å². The second-order valence-electron chi connectivity index (χ2n) is 6.66. The monoisotopic (exact) mass is 299 g/mol. The minimum absolute atomic E-state index is 0.0579. The highest BCUT2D eigenvalue weighted by molar-refractivity contribution is 5.25. The maximum Gasteiger partial charge on any atom is 0.161 e. The molecule has 0 aromatic heterocycles. The lowest BCUT2D eigenvalue weighted by atomic mass is 9.64. The second kappa shape index (κ2) is 6.39. The standard InChI is InChI=1S/C17H24F3N/c1-4-21-16(12-7-5-6-8-17(12,2)3)11-9-14(19)15(20)10-13(11)18/h9-10,12,16,21H,4-8H2,1-3H3. The lowest BCUT2D eigenvalue weighted by molar-refractivity contribution is 0.0972. The zero-order valence-electron chi connectivity index (χ0n) is 13.0. The van der Waals surface area contributed by atoms with Gasteiger partial charge in [0.05, 0.1) is 0 Å². The van der Waals surface area contributed by atoms with Crippen molar-refractivity contribution in [2.75, 3.05) is 6.54 Å². The summed E-state index contributed by atoms with van der Waals surface area (Å²) in [6.07, 6.45) is 4.32. The molecule has 0 saturated heterocycles. The normalized spacial score (nSPS) is 23.0. The van der Waals surface area contributed by atoms with Gasteiger partial charge in [-0.2, -0.15) is 0 Å². The Kier molecular flexibility index (Phi) is 4.97. The van der Waals surface area contributed by atoms with Crippen LogP contribution in [0.1, 0.15) is 58.1 Å². The molecule has 2 rings (SSSR count). The first-order chi connectivity index (χ1) is 9.86. The van der Waals surface area contributed by atoms with Gasteiger partial charge in [-0.3, -0.25) is 0 Å². The molecule has 2 atom stereocenters. The van der Waals surface area contributed by atoms with Crippen molar-refractivity contribution in [1.29, 1.82) is 0 Å². The molecule has 0 spiro atoms. The maximum absolute atomic E-state index is 14.2. The highest BCUT2D eigenvalue weighted by Crippen LogP contribution is 2.47. The Hall–Kier alpha value is -1.03. The summed E-state index contributed by atoms with van der Waals surface area (Å²) in [6, 6.07) is 1.40. The predicted molar refractivity (Wildman–Crippen MR) is 78.5 cm³/mol. The summed E-state index contributed by atoms with van der Waals surface area (Å²) in [7, 11) is 0.